The van der Waals surface area contributed by atoms with E-state index in [4.69, 9.17) is 9.47 Å². The number of fused-ring (bicyclic) bond motifs is 4. The van der Waals surface area contributed by atoms with Crippen molar-refractivity contribution in [2.24, 2.45) is 0 Å². The number of benzene rings is 2. The maximum atomic E-state index is 13.7. The Morgan fingerprint density at radius 1 is 0.970 bits per heavy atom. The van der Waals surface area contributed by atoms with Crippen molar-refractivity contribution in [2.45, 2.75) is 38.1 Å². The second-order valence-corrected chi connectivity index (χ2v) is 9.88. The maximum absolute atomic E-state index is 13.7. The Hall–Kier alpha value is -3.06. The highest BCUT2D eigenvalue weighted by Crippen LogP contribution is 2.45. The Labute approximate surface area is 196 Å². The Balaban J connectivity index is 1.34. The van der Waals surface area contributed by atoms with Crippen molar-refractivity contribution in [2.75, 3.05) is 25.1 Å². The number of thiophene rings is 1. The van der Waals surface area contributed by atoms with Gasteiger partial charge in [-0.25, -0.2) is 9.18 Å². The van der Waals surface area contributed by atoms with Gasteiger partial charge < -0.3 is 19.7 Å². The summed E-state index contributed by atoms with van der Waals surface area (Å²) in [5.74, 6) is 1.06. The van der Waals surface area contributed by atoms with Crippen molar-refractivity contribution < 1.29 is 18.7 Å². The van der Waals surface area contributed by atoms with E-state index in [1.165, 1.54) is 45.9 Å². The van der Waals surface area contributed by atoms with Crippen LogP contribution in [-0.4, -0.2) is 30.7 Å². The maximum Gasteiger partial charge on any atom is 0.322 e. The number of aryl methyl sites for hydroxylation is 1. The summed E-state index contributed by atoms with van der Waals surface area (Å²) in [6.07, 6.45) is 5.55. The van der Waals surface area contributed by atoms with Crippen LogP contribution in [0.3, 0.4) is 0 Å². The minimum Gasteiger partial charge on any atom is -0.486 e. The van der Waals surface area contributed by atoms with E-state index < -0.39 is 0 Å². The van der Waals surface area contributed by atoms with Crippen LogP contribution in [0.2, 0.25) is 0 Å². The molecule has 0 saturated carbocycles. The van der Waals surface area contributed by atoms with Crippen molar-refractivity contribution in [1.82, 2.24) is 4.90 Å². The highest BCUT2D eigenvalue weighted by Gasteiger charge is 2.36. The number of halogens is 1. The summed E-state index contributed by atoms with van der Waals surface area (Å²) < 4.78 is 25.0. The molecule has 170 valence electrons. The van der Waals surface area contributed by atoms with E-state index in [2.05, 4.69) is 5.32 Å². The predicted molar refractivity (Wildman–Crippen MR) is 126 cm³/mol. The van der Waals surface area contributed by atoms with Crippen LogP contribution in [0, 0.1) is 5.82 Å². The molecule has 2 amide bonds. The predicted octanol–water partition coefficient (Wildman–Crippen LogP) is 5.72. The molecule has 2 aromatic carbocycles. The molecule has 0 fully saturated rings. The number of carbonyl (C=O) groups is 1. The van der Waals surface area contributed by atoms with Gasteiger partial charge in [0.2, 0.25) is 0 Å². The van der Waals surface area contributed by atoms with Crippen LogP contribution in [0.1, 0.15) is 45.3 Å². The first-order valence-corrected chi connectivity index (χ1v) is 12.3. The number of urea groups is 1. The Kier molecular flexibility index (Phi) is 5.21. The zero-order valence-corrected chi connectivity index (χ0v) is 19.1. The van der Waals surface area contributed by atoms with Gasteiger partial charge in [0.1, 0.15) is 19.0 Å². The number of amides is 2. The summed E-state index contributed by atoms with van der Waals surface area (Å²) in [4.78, 5) is 18.1. The lowest BCUT2D eigenvalue weighted by Crippen LogP contribution is -2.42. The van der Waals surface area contributed by atoms with Gasteiger partial charge in [0, 0.05) is 28.1 Å². The van der Waals surface area contributed by atoms with E-state index in [0.29, 0.717) is 36.9 Å². The van der Waals surface area contributed by atoms with E-state index in [9.17, 15) is 9.18 Å². The summed E-state index contributed by atoms with van der Waals surface area (Å²) in [6, 6.07) is 11.6. The van der Waals surface area contributed by atoms with Gasteiger partial charge in [0.05, 0.1) is 6.04 Å². The van der Waals surface area contributed by atoms with Gasteiger partial charge in [0.15, 0.2) is 11.5 Å². The van der Waals surface area contributed by atoms with Gasteiger partial charge >= 0.3 is 6.03 Å². The van der Waals surface area contributed by atoms with Gasteiger partial charge in [0.25, 0.3) is 0 Å². The number of nitrogens with zero attached hydrogens (tertiary/aromatic N) is 1. The molecule has 7 heteroatoms. The third-order valence-corrected chi connectivity index (χ3v) is 8.10. The zero-order chi connectivity index (χ0) is 22.4. The first-order chi connectivity index (χ1) is 16.2. The highest BCUT2D eigenvalue weighted by molar-refractivity contribution is 7.12. The molecule has 0 radical (unpaired) electrons. The van der Waals surface area contributed by atoms with Crippen LogP contribution in [0.25, 0.3) is 0 Å². The third-order valence-electron chi connectivity index (χ3n) is 6.71. The van der Waals surface area contributed by atoms with Gasteiger partial charge in [-0.2, -0.15) is 0 Å². The lowest BCUT2D eigenvalue weighted by atomic mass is 9.88. The topological polar surface area (TPSA) is 50.8 Å². The summed E-state index contributed by atoms with van der Waals surface area (Å²) >= 11 is 1.84. The normalized spacial score (nSPS) is 18.9. The van der Waals surface area contributed by atoms with E-state index >= 15 is 0 Å². The third kappa shape index (κ3) is 3.74. The van der Waals surface area contributed by atoms with Gasteiger partial charge in [-0.15, -0.1) is 11.3 Å². The van der Waals surface area contributed by atoms with Crippen LogP contribution in [0.4, 0.5) is 14.9 Å². The molecule has 0 bridgehead atoms. The molecule has 1 N–H and O–H groups in total. The van der Waals surface area contributed by atoms with E-state index in [0.717, 1.165) is 24.8 Å². The van der Waals surface area contributed by atoms with Crippen LogP contribution >= 0.6 is 11.3 Å². The molecule has 0 spiro atoms. The summed E-state index contributed by atoms with van der Waals surface area (Å²) in [5, 5.41) is 3.05. The molecule has 1 atom stereocenters. The van der Waals surface area contributed by atoms with Crippen molar-refractivity contribution in [3.63, 3.8) is 0 Å². The number of carbonyl (C=O) groups excluding carboxylic acids is 1. The molecule has 2 aliphatic heterocycles. The fourth-order valence-corrected chi connectivity index (χ4v) is 6.75. The molecule has 1 aromatic heterocycles. The van der Waals surface area contributed by atoms with E-state index in [1.54, 1.807) is 18.2 Å². The zero-order valence-electron chi connectivity index (χ0n) is 18.2. The van der Waals surface area contributed by atoms with Crippen molar-refractivity contribution in [1.29, 1.82) is 0 Å². The standard InChI is InChI=1S/C26H25FN2O3S/c27-17-7-5-16(6-8-17)24-25-20(19-3-1-2-4-23(19)33-25)11-12-29(24)26(30)28-18-9-10-21-22(15-18)32-14-13-31-21/h5-10,15,24H,1-4,11-14H2,(H,28,30). The summed E-state index contributed by atoms with van der Waals surface area (Å²) in [5.41, 5.74) is 4.51. The van der Waals surface area contributed by atoms with Gasteiger partial charge in [-0.05, 0) is 73.1 Å². The second kappa shape index (κ2) is 8.37. The molecule has 0 saturated heterocycles. The number of hydrogen-bond acceptors (Lipinski definition) is 4. The van der Waals surface area contributed by atoms with E-state index in [1.807, 2.05) is 28.4 Å². The van der Waals surface area contributed by atoms with Crippen molar-refractivity contribution in [3.05, 3.63) is 74.7 Å². The molecule has 3 aromatic rings. The molecular weight excluding hydrogens is 439 g/mol. The molecular formula is C26H25FN2O3S. The van der Waals surface area contributed by atoms with E-state index in [-0.39, 0.29) is 17.9 Å². The smallest absolute Gasteiger partial charge is 0.322 e. The number of rotatable bonds is 2. The largest absolute Gasteiger partial charge is 0.486 e. The first-order valence-electron chi connectivity index (χ1n) is 11.5. The molecule has 6 rings (SSSR count). The number of ether oxygens (including phenoxy) is 2. The number of hydrogen-bond donors (Lipinski definition) is 1. The molecule has 5 nitrogen and oxygen atoms in total. The lowest BCUT2D eigenvalue weighted by Gasteiger charge is -2.36. The first kappa shape index (κ1) is 20.5. The average molecular weight is 465 g/mol. The van der Waals surface area contributed by atoms with Crippen LogP contribution in [-0.2, 0) is 19.3 Å². The minimum atomic E-state index is -0.271. The SMILES string of the molecule is O=C(Nc1ccc2c(c1)OCCO2)N1CCc2c(sc3c2CCCC3)C1c1ccc(F)cc1. The molecule has 1 unspecified atom stereocenters. The van der Waals surface area contributed by atoms with Gasteiger partial charge in [-0.1, -0.05) is 12.1 Å². The quantitative estimate of drug-likeness (QED) is 0.528. The molecule has 3 aliphatic rings. The fraction of sp³-hybridized carbons (Fsp3) is 0.346. The fourth-order valence-electron chi connectivity index (χ4n) is 5.16. The molecule has 33 heavy (non-hydrogen) atoms. The lowest BCUT2D eigenvalue weighted by molar-refractivity contribution is 0.171. The number of nitrogens with one attached hydrogen (secondary N) is 1. The van der Waals surface area contributed by atoms with Crippen molar-refractivity contribution in [3.8, 4) is 11.5 Å². The molecule has 3 heterocycles. The van der Waals surface area contributed by atoms with Gasteiger partial charge in [-0.3, -0.25) is 0 Å². The Bertz CT molecular complexity index is 1210. The number of anilines is 1. The Morgan fingerprint density at radius 3 is 2.61 bits per heavy atom. The monoisotopic (exact) mass is 464 g/mol. The minimum absolute atomic E-state index is 0.168. The van der Waals surface area contributed by atoms with Crippen LogP contribution in [0.15, 0.2) is 42.5 Å². The van der Waals surface area contributed by atoms with Crippen LogP contribution in [0.5, 0.6) is 11.5 Å². The molecule has 1 aliphatic carbocycles. The van der Waals surface area contributed by atoms with Crippen LogP contribution < -0.4 is 14.8 Å². The Morgan fingerprint density at radius 2 is 1.76 bits per heavy atom. The van der Waals surface area contributed by atoms with Crippen molar-refractivity contribution >= 4 is 23.1 Å². The summed E-state index contributed by atoms with van der Waals surface area (Å²) in [6.45, 7) is 1.64. The highest BCUT2D eigenvalue weighted by atomic mass is 32.1. The second-order valence-electron chi connectivity index (χ2n) is 8.74. The summed E-state index contributed by atoms with van der Waals surface area (Å²) in [7, 11) is 0. The average Bonchev–Trinajstić information content (AvgIpc) is 3.23.